The zero-order chi connectivity index (χ0) is 18.5. The van der Waals surface area contributed by atoms with Gasteiger partial charge in [-0.05, 0) is 37.4 Å². The fourth-order valence-electron chi connectivity index (χ4n) is 2.36. The maximum atomic E-state index is 12.6. The number of rotatable bonds is 6. The molecule has 1 amide bonds. The number of para-hydroxylation sites is 1. The van der Waals surface area contributed by atoms with Crippen LogP contribution in [0.15, 0.2) is 58.8 Å². The van der Waals surface area contributed by atoms with Crippen molar-refractivity contribution in [3.8, 4) is 11.4 Å². The summed E-state index contributed by atoms with van der Waals surface area (Å²) in [6, 6.07) is 11.6. The topological polar surface area (TPSA) is 72.7 Å². The highest BCUT2D eigenvalue weighted by Crippen LogP contribution is 2.28. The Morgan fingerprint density at radius 3 is 2.73 bits per heavy atom. The van der Waals surface area contributed by atoms with E-state index < -0.39 is 0 Å². The van der Waals surface area contributed by atoms with E-state index in [1.807, 2.05) is 61.2 Å². The Balaban J connectivity index is 1.71. The van der Waals surface area contributed by atoms with Crippen LogP contribution in [0.1, 0.15) is 6.92 Å². The molecule has 1 N–H and O–H groups in total. The number of anilines is 1. The van der Waals surface area contributed by atoms with Crippen LogP contribution < -0.4 is 5.32 Å². The van der Waals surface area contributed by atoms with E-state index >= 15 is 0 Å². The first-order valence-corrected chi connectivity index (χ1v) is 10.1. The summed E-state index contributed by atoms with van der Waals surface area (Å²) in [6.07, 6.45) is 5.45. The molecule has 0 bridgehead atoms. The van der Waals surface area contributed by atoms with E-state index in [1.54, 1.807) is 24.2 Å². The number of nitrogens with one attached hydrogen (secondary N) is 1. The van der Waals surface area contributed by atoms with Crippen molar-refractivity contribution in [2.24, 2.45) is 7.05 Å². The average molecular weight is 386 g/mol. The number of hydrogen-bond donors (Lipinski definition) is 1. The van der Waals surface area contributed by atoms with Crippen LogP contribution in [0.4, 0.5) is 5.69 Å². The van der Waals surface area contributed by atoms with E-state index in [0.29, 0.717) is 5.16 Å². The third kappa shape index (κ3) is 4.08. The minimum absolute atomic E-state index is 0.0672. The maximum absolute atomic E-state index is 12.6. The lowest BCUT2D eigenvalue weighted by Crippen LogP contribution is -2.23. The zero-order valence-electron chi connectivity index (χ0n) is 14.7. The van der Waals surface area contributed by atoms with Crippen LogP contribution in [0.2, 0.25) is 0 Å². The average Bonchev–Trinajstić information content (AvgIpc) is 3.03. The first-order chi connectivity index (χ1) is 12.6. The van der Waals surface area contributed by atoms with Gasteiger partial charge < -0.3 is 9.88 Å². The van der Waals surface area contributed by atoms with Gasteiger partial charge in [0, 0.05) is 29.9 Å². The number of aromatic nitrogens is 4. The van der Waals surface area contributed by atoms with E-state index in [1.165, 1.54) is 11.8 Å². The molecule has 0 aliphatic heterocycles. The van der Waals surface area contributed by atoms with Crippen LogP contribution in [0.3, 0.4) is 0 Å². The Hall–Kier alpha value is -2.32. The molecule has 1 aromatic carbocycles. The lowest BCUT2D eigenvalue weighted by atomic mass is 10.3. The molecule has 1 unspecified atom stereocenters. The summed E-state index contributed by atoms with van der Waals surface area (Å²) in [7, 11) is 1.89. The molecule has 0 radical (unpaired) electrons. The van der Waals surface area contributed by atoms with Gasteiger partial charge in [-0.25, -0.2) is 0 Å². The van der Waals surface area contributed by atoms with E-state index in [0.717, 1.165) is 22.0 Å². The van der Waals surface area contributed by atoms with E-state index in [-0.39, 0.29) is 11.2 Å². The summed E-state index contributed by atoms with van der Waals surface area (Å²) in [5.41, 5.74) is 1.71. The van der Waals surface area contributed by atoms with E-state index in [9.17, 15) is 4.79 Å². The minimum Gasteiger partial charge on any atom is -0.324 e. The lowest BCUT2D eigenvalue weighted by Gasteiger charge is -2.13. The second-order valence-corrected chi connectivity index (χ2v) is 7.71. The predicted octanol–water partition coefficient (Wildman–Crippen LogP) is 3.72. The molecule has 1 atom stereocenters. The maximum Gasteiger partial charge on any atom is 0.237 e. The molecule has 3 aromatic rings. The second-order valence-electron chi connectivity index (χ2n) is 5.56. The van der Waals surface area contributed by atoms with Gasteiger partial charge in [-0.2, -0.15) is 0 Å². The molecule has 0 aliphatic carbocycles. The number of nitrogens with zero attached hydrogens (tertiary/aromatic N) is 4. The number of thioether (sulfide) groups is 2. The predicted molar refractivity (Wildman–Crippen MR) is 106 cm³/mol. The molecule has 0 aliphatic rings. The fraction of sp³-hybridized carbons (Fsp3) is 0.222. The van der Waals surface area contributed by atoms with Gasteiger partial charge in [0.25, 0.3) is 0 Å². The lowest BCUT2D eigenvalue weighted by molar-refractivity contribution is -0.115. The van der Waals surface area contributed by atoms with Gasteiger partial charge in [0.05, 0.1) is 10.9 Å². The van der Waals surface area contributed by atoms with Gasteiger partial charge in [-0.15, -0.1) is 22.0 Å². The number of hydrogen-bond acceptors (Lipinski definition) is 6. The molecule has 26 heavy (non-hydrogen) atoms. The van der Waals surface area contributed by atoms with Gasteiger partial charge in [-0.1, -0.05) is 23.9 Å². The van der Waals surface area contributed by atoms with Crippen LogP contribution in [0, 0.1) is 0 Å². The van der Waals surface area contributed by atoms with E-state index in [2.05, 4.69) is 20.5 Å². The van der Waals surface area contributed by atoms with Crippen molar-refractivity contribution in [2.75, 3.05) is 11.6 Å². The molecule has 8 heteroatoms. The van der Waals surface area contributed by atoms with Crippen molar-refractivity contribution in [2.45, 2.75) is 22.2 Å². The smallest absolute Gasteiger partial charge is 0.237 e. The summed E-state index contributed by atoms with van der Waals surface area (Å²) in [4.78, 5) is 17.7. The first kappa shape index (κ1) is 18.5. The molecule has 134 valence electrons. The Bertz CT molecular complexity index is 898. The van der Waals surface area contributed by atoms with Crippen LogP contribution in [-0.2, 0) is 11.8 Å². The number of amides is 1. The highest BCUT2D eigenvalue weighted by atomic mass is 32.2. The molecule has 3 rings (SSSR count). The molecule has 2 aromatic heterocycles. The Morgan fingerprint density at radius 2 is 2.00 bits per heavy atom. The fourth-order valence-corrected chi connectivity index (χ4v) is 3.73. The van der Waals surface area contributed by atoms with Crippen LogP contribution in [0.5, 0.6) is 0 Å². The molecule has 0 saturated carbocycles. The summed E-state index contributed by atoms with van der Waals surface area (Å²) in [5, 5.41) is 11.8. The number of carbonyl (C=O) groups is 1. The summed E-state index contributed by atoms with van der Waals surface area (Å²) in [6.45, 7) is 1.86. The number of carbonyl (C=O) groups excluding carboxylic acids is 1. The quantitative estimate of drug-likeness (QED) is 0.652. The van der Waals surface area contributed by atoms with E-state index in [4.69, 9.17) is 0 Å². The standard InChI is InChI=1S/C18H19N5OS2/c1-12(17(24)20-14-8-4-5-9-15(14)25-3)26-18-22-21-16(23(18)2)13-7-6-10-19-11-13/h4-12H,1-3H3,(H,20,24). The van der Waals surface area contributed by atoms with Crippen LogP contribution in [-0.4, -0.2) is 37.2 Å². The van der Waals surface area contributed by atoms with Crippen molar-refractivity contribution in [1.82, 2.24) is 19.7 Å². The van der Waals surface area contributed by atoms with Crippen LogP contribution >= 0.6 is 23.5 Å². The SMILES string of the molecule is CSc1ccccc1NC(=O)C(C)Sc1nnc(-c2cccnc2)n1C. The van der Waals surface area contributed by atoms with Crippen LogP contribution in [0.25, 0.3) is 11.4 Å². The summed E-state index contributed by atoms with van der Waals surface area (Å²) >= 11 is 2.98. The summed E-state index contributed by atoms with van der Waals surface area (Å²) < 4.78 is 1.88. The van der Waals surface area contributed by atoms with Crippen molar-refractivity contribution in [3.05, 3.63) is 48.8 Å². The van der Waals surface area contributed by atoms with Gasteiger partial charge in [0.15, 0.2) is 11.0 Å². The molecular weight excluding hydrogens is 366 g/mol. The third-order valence-corrected chi connectivity index (χ3v) is 5.70. The first-order valence-electron chi connectivity index (χ1n) is 8.00. The van der Waals surface area contributed by atoms with Gasteiger partial charge in [-0.3, -0.25) is 9.78 Å². The molecular formula is C18H19N5OS2. The Morgan fingerprint density at radius 1 is 1.19 bits per heavy atom. The molecule has 0 saturated heterocycles. The second kappa shape index (κ2) is 8.37. The third-order valence-electron chi connectivity index (χ3n) is 3.77. The van der Waals surface area contributed by atoms with Gasteiger partial charge >= 0.3 is 0 Å². The van der Waals surface area contributed by atoms with Crippen molar-refractivity contribution >= 4 is 35.1 Å². The zero-order valence-corrected chi connectivity index (χ0v) is 16.3. The minimum atomic E-state index is -0.311. The van der Waals surface area contributed by atoms with Crippen molar-refractivity contribution in [3.63, 3.8) is 0 Å². The summed E-state index contributed by atoms with van der Waals surface area (Å²) in [5.74, 6) is 0.656. The highest BCUT2D eigenvalue weighted by molar-refractivity contribution is 8.00. The van der Waals surface area contributed by atoms with Gasteiger partial charge in [0.1, 0.15) is 0 Å². The number of pyridine rings is 1. The molecule has 2 heterocycles. The highest BCUT2D eigenvalue weighted by Gasteiger charge is 2.20. The van der Waals surface area contributed by atoms with Gasteiger partial charge in [0.2, 0.25) is 5.91 Å². The Kier molecular flexibility index (Phi) is 5.95. The largest absolute Gasteiger partial charge is 0.324 e. The normalized spacial score (nSPS) is 12.0. The molecule has 0 spiro atoms. The molecule has 6 nitrogen and oxygen atoms in total. The molecule has 0 fully saturated rings. The monoisotopic (exact) mass is 385 g/mol. The number of benzene rings is 1. The Labute approximate surface area is 160 Å². The van der Waals surface area contributed by atoms with Crippen molar-refractivity contribution in [1.29, 1.82) is 0 Å². The van der Waals surface area contributed by atoms with Crippen molar-refractivity contribution < 1.29 is 4.79 Å².